The zero-order valence-corrected chi connectivity index (χ0v) is 13.4. The molecule has 0 aliphatic rings. The molecule has 0 atom stereocenters. The Balaban J connectivity index is 1.92. The fraction of sp³-hybridized carbons (Fsp3) is 0.0556. The van der Waals surface area contributed by atoms with Crippen LogP contribution in [0.3, 0.4) is 0 Å². The minimum atomic E-state index is -3.58. The molecule has 0 aliphatic carbocycles. The molecule has 23 heavy (non-hydrogen) atoms. The van der Waals surface area contributed by atoms with Crippen molar-refractivity contribution < 1.29 is 8.42 Å². The Morgan fingerprint density at radius 3 is 2.35 bits per heavy atom. The summed E-state index contributed by atoms with van der Waals surface area (Å²) in [4.78, 5) is 4.42. The molecular formula is C18H16N2O2S. The van der Waals surface area contributed by atoms with Crippen molar-refractivity contribution >= 4 is 15.7 Å². The van der Waals surface area contributed by atoms with Gasteiger partial charge in [-0.2, -0.15) is 0 Å². The number of aromatic nitrogens is 1. The van der Waals surface area contributed by atoms with Crippen LogP contribution in [0.15, 0.2) is 77.8 Å². The summed E-state index contributed by atoms with van der Waals surface area (Å²) in [5, 5.41) is 0. The van der Waals surface area contributed by atoms with Crippen molar-refractivity contribution in [1.29, 1.82) is 0 Å². The van der Waals surface area contributed by atoms with Crippen molar-refractivity contribution in [2.24, 2.45) is 0 Å². The monoisotopic (exact) mass is 324 g/mol. The number of benzene rings is 2. The predicted octanol–water partition coefficient (Wildman–Crippen LogP) is 3.86. The molecule has 2 aromatic carbocycles. The second-order valence-electron chi connectivity index (χ2n) is 5.19. The second kappa shape index (κ2) is 6.22. The molecule has 0 saturated heterocycles. The minimum absolute atomic E-state index is 0.241. The van der Waals surface area contributed by atoms with E-state index in [1.165, 1.54) is 0 Å². The highest BCUT2D eigenvalue weighted by Gasteiger charge is 2.13. The molecule has 1 N–H and O–H groups in total. The first-order valence-corrected chi connectivity index (χ1v) is 8.64. The van der Waals surface area contributed by atoms with Gasteiger partial charge in [-0.05, 0) is 54.4 Å². The quantitative estimate of drug-likeness (QED) is 0.793. The molecule has 3 rings (SSSR count). The van der Waals surface area contributed by atoms with Crippen LogP contribution in [0.1, 0.15) is 5.69 Å². The van der Waals surface area contributed by atoms with Gasteiger partial charge in [0.2, 0.25) is 0 Å². The van der Waals surface area contributed by atoms with Gasteiger partial charge in [-0.1, -0.05) is 30.3 Å². The van der Waals surface area contributed by atoms with Gasteiger partial charge in [0, 0.05) is 17.6 Å². The minimum Gasteiger partial charge on any atom is -0.280 e. The van der Waals surface area contributed by atoms with Crippen LogP contribution in [-0.4, -0.2) is 13.4 Å². The number of pyridine rings is 1. The molecule has 0 unspecified atom stereocenters. The SMILES string of the molecule is Cc1cc(-c2cccc(NS(=O)(=O)c3ccccc3)c2)ccn1. The summed E-state index contributed by atoms with van der Waals surface area (Å²) >= 11 is 0. The van der Waals surface area contributed by atoms with E-state index in [4.69, 9.17) is 0 Å². The standard InChI is InChI=1S/C18H16N2O2S/c1-14-12-16(10-11-19-14)15-6-5-7-17(13-15)20-23(21,22)18-8-3-2-4-9-18/h2-13,20H,1H3. The third-order valence-corrected chi connectivity index (χ3v) is 4.80. The zero-order chi connectivity index (χ0) is 16.3. The number of hydrogen-bond acceptors (Lipinski definition) is 3. The van der Waals surface area contributed by atoms with E-state index >= 15 is 0 Å². The molecule has 0 radical (unpaired) electrons. The molecule has 0 saturated carbocycles. The lowest BCUT2D eigenvalue weighted by molar-refractivity contribution is 0.601. The smallest absolute Gasteiger partial charge is 0.261 e. The van der Waals surface area contributed by atoms with Gasteiger partial charge in [-0.15, -0.1) is 0 Å². The lowest BCUT2D eigenvalue weighted by Gasteiger charge is -2.10. The van der Waals surface area contributed by atoms with Crippen LogP contribution in [0.25, 0.3) is 11.1 Å². The highest BCUT2D eigenvalue weighted by molar-refractivity contribution is 7.92. The molecule has 116 valence electrons. The van der Waals surface area contributed by atoms with E-state index in [2.05, 4.69) is 9.71 Å². The highest BCUT2D eigenvalue weighted by atomic mass is 32.2. The summed E-state index contributed by atoms with van der Waals surface area (Å²) in [6.45, 7) is 1.92. The van der Waals surface area contributed by atoms with E-state index in [1.807, 2.05) is 37.3 Å². The number of sulfonamides is 1. The molecule has 1 aromatic heterocycles. The molecule has 4 nitrogen and oxygen atoms in total. The molecule has 3 aromatic rings. The van der Waals surface area contributed by atoms with Crippen LogP contribution in [0, 0.1) is 6.92 Å². The van der Waals surface area contributed by atoms with E-state index in [9.17, 15) is 8.42 Å². The number of rotatable bonds is 4. The lowest BCUT2D eigenvalue weighted by atomic mass is 10.1. The number of hydrogen-bond donors (Lipinski definition) is 1. The Labute approximate surface area is 135 Å². The van der Waals surface area contributed by atoms with Crippen LogP contribution in [0.2, 0.25) is 0 Å². The molecular weight excluding hydrogens is 308 g/mol. The Hall–Kier alpha value is -2.66. The molecule has 0 spiro atoms. The van der Waals surface area contributed by atoms with Crippen molar-refractivity contribution in [3.05, 3.63) is 78.6 Å². The summed E-state index contributed by atoms with van der Waals surface area (Å²) < 4.78 is 27.4. The first-order chi connectivity index (χ1) is 11.0. The van der Waals surface area contributed by atoms with Crippen LogP contribution in [0.5, 0.6) is 0 Å². The summed E-state index contributed by atoms with van der Waals surface area (Å²) in [5.41, 5.74) is 3.38. The average Bonchev–Trinajstić information content (AvgIpc) is 2.55. The summed E-state index contributed by atoms with van der Waals surface area (Å²) in [6.07, 6.45) is 1.74. The largest absolute Gasteiger partial charge is 0.280 e. The molecule has 1 heterocycles. The highest BCUT2D eigenvalue weighted by Crippen LogP contribution is 2.24. The molecule has 0 amide bonds. The molecule has 0 aliphatic heterocycles. The van der Waals surface area contributed by atoms with E-state index in [0.717, 1.165) is 16.8 Å². The first kappa shape index (κ1) is 15.2. The Morgan fingerprint density at radius 1 is 0.870 bits per heavy atom. The van der Waals surface area contributed by atoms with Gasteiger partial charge in [-0.25, -0.2) is 8.42 Å². The summed E-state index contributed by atoms with van der Waals surface area (Å²) in [6, 6.07) is 19.5. The maximum atomic E-state index is 12.4. The van der Waals surface area contributed by atoms with Crippen LogP contribution < -0.4 is 4.72 Å². The molecule has 0 fully saturated rings. The van der Waals surface area contributed by atoms with E-state index < -0.39 is 10.0 Å². The van der Waals surface area contributed by atoms with Crippen LogP contribution in [0.4, 0.5) is 5.69 Å². The number of nitrogens with one attached hydrogen (secondary N) is 1. The van der Waals surface area contributed by atoms with Crippen LogP contribution >= 0.6 is 0 Å². The number of aryl methyl sites for hydroxylation is 1. The maximum Gasteiger partial charge on any atom is 0.261 e. The molecule has 0 bridgehead atoms. The lowest BCUT2D eigenvalue weighted by Crippen LogP contribution is -2.12. The average molecular weight is 324 g/mol. The Kier molecular flexibility index (Phi) is 4.12. The van der Waals surface area contributed by atoms with Crippen molar-refractivity contribution in [2.45, 2.75) is 11.8 Å². The van der Waals surface area contributed by atoms with Gasteiger partial charge >= 0.3 is 0 Å². The number of nitrogens with zero attached hydrogens (tertiary/aromatic N) is 1. The maximum absolute atomic E-state index is 12.4. The normalized spacial score (nSPS) is 11.2. The van der Waals surface area contributed by atoms with Gasteiger partial charge in [-0.3, -0.25) is 9.71 Å². The van der Waals surface area contributed by atoms with Crippen molar-refractivity contribution in [3.63, 3.8) is 0 Å². The third kappa shape index (κ3) is 3.57. The second-order valence-corrected chi connectivity index (χ2v) is 6.87. The van der Waals surface area contributed by atoms with Crippen molar-refractivity contribution in [2.75, 3.05) is 4.72 Å². The van der Waals surface area contributed by atoms with Gasteiger partial charge in [0.05, 0.1) is 4.90 Å². The van der Waals surface area contributed by atoms with Crippen LogP contribution in [-0.2, 0) is 10.0 Å². The van der Waals surface area contributed by atoms with Crippen molar-refractivity contribution in [3.8, 4) is 11.1 Å². The van der Waals surface area contributed by atoms with Gasteiger partial charge in [0.15, 0.2) is 0 Å². The topological polar surface area (TPSA) is 59.1 Å². The first-order valence-electron chi connectivity index (χ1n) is 7.15. The van der Waals surface area contributed by atoms with E-state index in [1.54, 1.807) is 42.6 Å². The van der Waals surface area contributed by atoms with E-state index in [0.29, 0.717) is 5.69 Å². The fourth-order valence-electron chi connectivity index (χ4n) is 2.30. The third-order valence-electron chi connectivity index (χ3n) is 3.40. The van der Waals surface area contributed by atoms with Gasteiger partial charge in [0.25, 0.3) is 10.0 Å². The van der Waals surface area contributed by atoms with Gasteiger partial charge < -0.3 is 0 Å². The summed E-state index contributed by atoms with van der Waals surface area (Å²) in [7, 11) is -3.58. The predicted molar refractivity (Wildman–Crippen MR) is 91.7 cm³/mol. The van der Waals surface area contributed by atoms with E-state index in [-0.39, 0.29) is 4.90 Å². The Morgan fingerprint density at radius 2 is 1.61 bits per heavy atom. The Bertz CT molecular complexity index is 923. The number of anilines is 1. The fourth-order valence-corrected chi connectivity index (χ4v) is 3.37. The summed E-state index contributed by atoms with van der Waals surface area (Å²) in [5.74, 6) is 0. The van der Waals surface area contributed by atoms with Gasteiger partial charge in [0.1, 0.15) is 0 Å². The van der Waals surface area contributed by atoms with Crippen molar-refractivity contribution in [1.82, 2.24) is 4.98 Å². The molecule has 5 heteroatoms. The zero-order valence-electron chi connectivity index (χ0n) is 12.6.